The zero-order valence-electron chi connectivity index (χ0n) is 8.85. The summed E-state index contributed by atoms with van der Waals surface area (Å²) in [5, 5.41) is 0. The highest BCUT2D eigenvalue weighted by Gasteiger charge is 2.02. The molecule has 0 N–H and O–H groups in total. The Morgan fingerprint density at radius 1 is 1.50 bits per heavy atom. The van der Waals surface area contributed by atoms with Crippen LogP contribution >= 0.6 is 0 Å². The molecule has 0 spiro atoms. The average Bonchev–Trinajstić information content (AvgIpc) is 2.70. The van der Waals surface area contributed by atoms with Gasteiger partial charge >= 0.3 is 0 Å². The smallest absolute Gasteiger partial charge is 0.169 e. The number of imidazole rings is 1. The molecule has 0 aliphatic rings. The largest absolute Gasteiger partial charge is 0.332 e. The zero-order chi connectivity index (χ0) is 11.5. The Balaban J connectivity index is 2.23. The first kappa shape index (κ1) is 10.5. The summed E-state index contributed by atoms with van der Waals surface area (Å²) < 4.78 is 14.7. The highest BCUT2D eigenvalue weighted by atomic mass is 19.1. The first-order valence-corrected chi connectivity index (χ1v) is 4.91. The molecule has 16 heavy (non-hydrogen) atoms. The fourth-order valence-electron chi connectivity index (χ4n) is 1.56. The number of halogens is 1. The number of hydrogen-bond donors (Lipinski definition) is 0. The van der Waals surface area contributed by atoms with Crippen LogP contribution in [0.2, 0.25) is 0 Å². The van der Waals surface area contributed by atoms with E-state index in [1.165, 1.54) is 12.1 Å². The predicted octanol–water partition coefficient (Wildman–Crippen LogP) is 2.19. The van der Waals surface area contributed by atoms with Crippen molar-refractivity contribution in [2.45, 2.75) is 13.5 Å². The van der Waals surface area contributed by atoms with E-state index in [9.17, 15) is 9.18 Å². The van der Waals surface area contributed by atoms with Gasteiger partial charge in [-0.25, -0.2) is 9.37 Å². The van der Waals surface area contributed by atoms with E-state index in [0.717, 1.165) is 11.1 Å². The van der Waals surface area contributed by atoms with Crippen molar-refractivity contribution in [3.8, 4) is 0 Å². The summed E-state index contributed by atoms with van der Waals surface area (Å²) in [6.45, 7) is 2.45. The summed E-state index contributed by atoms with van der Waals surface area (Å²) in [7, 11) is 0. The lowest BCUT2D eigenvalue weighted by atomic mass is 10.1. The molecular weight excluding hydrogens is 207 g/mol. The molecule has 0 unspecified atom stereocenters. The van der Waals surface area contributed by atoms with Crippen LogP contribution in [0.3, 0.4) is 0 Å². The standard InChI is InChI=1S/C12H11FN2O/c1-9-4-11(13)3-2-10(9)5-15-6-12(7-16)14-8-15/h2-4,6-8H,5H2,1H3. The molecule has 1 heterocycles. The first-order valence-electron chi connectivity index (χ1n) is 4.91. The number of carbonyl (C=O) groups excluding carboxylic acids is 1. The van der Waals surface area contributed by atoms with Gasteiger partial charge in [0, 0.05) is 12.7 Å². The van der Waals surface area contributed by atoms with Gasteiger partial charge in [-0.1, -0.05) is 6.07 Å². The van der Waals surface area contributed by atoms with Crippen molar-refractivity contribution in [2.75, 3.05) is 0 Å². The Kier molecular flexibility index (Phi) is 2.81. The second-order valence-electron chi connectivity index (χ2n) is 3.66. The van der Waals surface area contributed by atoms with E-state index in [-0.39, 0.29) is 5.82 Å². The van der Waals surface area contributed by atoms with Crippen LogP contribution in [-0.2, 0) is 6.54 Å². The topological polar surface area (TPSA) is 34.9 Å². The van der Waals surface area contributed by atoms with Gasteiger partial charge in [0.15, 0.2) is 6.29 Å². The molecule has 1 aromatic heterocycles. The SMILES string of the molecule is Cc1cc(F)ccc1Cn1cnc(C=O)c1. The quantitative estimate of drug-likeness (QED) is 0.740. The Labute approximate surface area is 92.5 Å². The molecule has 2 rings (SSSR count). The summed E-state index contributed by atoms with van der Waals surface area (Å²) in [6, 6.07) is 4.66. The molecule has 0 aliphatic carbocycles. The van der Waals surface area contributed by atoms with Crippen LogP contribution in [0.15, 0.2) is 30.7 Å². The molecule has 0 saturated carbocycles. The number of nitrogens with zero attached hydrogens (tertiary/aromatic N) is 2. The van der Waals surface area contributed by atoms with E-state index >= 15 is 0 Å². The van der Waals surface area contributed by atoms with Gasteiger partial charge in [0.2, 0.25) is 0 Å². The van der Waals surface area contributed by atoms with Crippen molar-refractivity contribution in [2.24, 2.45) is 0 Å². The van der Waals surface area contributed by atoms with E-state index in [1.54, 1.807) is 23.2 Å². The molecule has 0 amide bonds. The third kappa shape index (κ3) is 2.16. The van der Waals surface area contributed by atoms with Gasteiger partial charge in [-0.3, -0.25) is 4.79 Å². The fourth-order valence-corrected chi connectivity index (χ4v) is 1.56. The van der Waals surface area contributed by atoms with E-state index < -0.39 is 0 Å². The van der Waals surface area contributed by atoms with Crippen molar-refractivity contribution in [1.82, 2.24) is 9.55 Å². The van der Waals surface area contributed by atoms with Crippen LogP contribution in [0.1, 0.15) is 21.6 Å². The van der Waals surface area contributed by atoms with Crippen LogP contribution in [-0.4, -0.2) is 15.8 Å². The van der Waals surface area contributed by atoms with Crippen molar-refractivity contribution in [3.05, 3.63) is 53.4 Å². The lowest BCUT2D eigenvalue weighted by Crippen LogP contribution is -1.99. The minimum absolute atomic E-state index is 0.236. The van der Waals surface area contributed by atoms with Crippen LogP contribution < -0.4 is 0 Å². The molecule has 0 radical (unpaired) electrons. The number of carbonyl (C=O) groups is 1. The highest BCUT2D eigenvalue weighted by Crippen LogP contribution is 2.11. The summed E-state index contributed by atoms with van der Waals surface area (Å²) in [5.41, 5.74) is 2.30. The van der Waals surface area contributed by atoms with Crippen LogP contribution in [0.25, 0.3) is 0 Å². The second-order valence-corrected chi connectivity index (χ2v) is 3.66. The molecule has 2 aromatic rings. The molecule has 0 bridgehead atoms. The third-order valence-electron chi connectivity index (χ3n) is 2.43. The van der Waals surface area contributed by atoms with Crippen molar-refractivity contribution in [1.29, 1.82) is 0 Å². The van der Waals surface area contributed by atoms with Crippen LogP contribution in [0, 0.1) is 12.7 Å². The number of rotatable bonds is 3. The lowest BCUT2D eigenvalue weighted by Gasteiger charge is -2.06. The number of benzene rings is 1. The Morgan fingerprint density at radius 2 is 2.31 bits per heavy atom. The number of aromatic nitrogens is 2. The van der Waals surface area contributed by atoms with Crippen molar-refractivity contribution in [3.63, 3.8) is 0 Å². The highest BCUT2D eigenvalue weighted by molar-refractivity contribution is 5.70. The van der Waals surface area contributed by atoms with E-state index in [1.807, 2.05) is 6.92 Å². The fraction of sp³-hybridized carbons (Fsp3) is 0.167. The van der Waals surface area contributed by atoms with Gasteiger partial charge in [0.1, 0.15) is 11.5 Å². The monoisotopic (exact) mass is 218 g/mol. The molecule has 3 nitrogen and oxygen atoms in total. The Morgan fingerprint density at radius 3 is 2.94 bits per heavy atom. The van der Waals surface area contributed by atoms with Gasteiger partial charge < -0.3 is 4.57 Å². The first-order chi connectivity index (χ1) is 7.69. The Hall–Kier alpha value is -1.97. The molecule has 0 fully saturated rings. The van der Waals surface area contributed by atoms with E-state index in [4.69, 9.17) is 0 Å². The van der Waals surface area contributed by atoms with Crippen molar-refractivity contribution < 1.29 is 9.18 Å². The van der Waals surface area contributed by atoms with Crippen molar-refractivity contribution >= 4 is 6.29 Å². The van der Waals surface area contributed by atoms with Gasteiger partial charge in [-0.2, -0.15) is 0 Å². The minimum atomic E-state index is -0.236. The van der Waals surface area contributed by atoms with Gasteiger partial charge in [-0.15, -0.1) is 0 Å². The second kappa shape index (κ2) is 4.26. The van der Waals surface area contributed by atoms with E-state index in [2.05, 4.69) is 4.98 Å². The molecule has 0 aliphatic heterocycles. The molecule has 4 heteroatoms. The van der Waals surface area contributed by atoms with E-state index in [0.29, 0.717) is 18.5 Å². The summed E-state index contributed by atoms with van der Waals surface area (Å²) in [5.74, 6) is -0.236. The molecule has 82 valence electrons. The van der Waals surface area contributed by atoms with Crippen LogP contribution in [0.4, 0.5) is 4.39 Å². The molecular formula is C12H11FN2O. The molecule has 0 atom stereocenters. The number of hydrogen-bond acceptors (Lipinski definition) is 2. The summed E-state index contributed by atoms with van der Waals surface area (Å²) >= 11 is 0. The number of aryl methyl sites for hydroxylation is 1. The maximum Gasteiger partial charge on any atom is 0.169 e. The maximum atomic E-state index is 12.9. The third-order valence-corrected chi connectivity index (χ3v) is 2.43. The van der Waals surface area contributed by atoms with Gasteiger partial charge in [0.05, 0.1) is 6.33 Å². The Bertz CT molecular complexity index is 519. The summed E-state index contributed by atoms with van der Waals surface area (Å²) in [6.07, 6.45) is 3.95. The van der Waals surface area contributed by atoms with Gasteiger partial charge in [-0.05, 0) is 30.2 Å². The zero-order valence-corrected chi connectivity index (χ0v) is 8.85. The summed E-state index contributed by atoms with van der Waals surface area (Å²) in [4.78, 5) is 14.4. The predicted molar refractivity (Wildman–Crippen MR) is 57.9 cm³/mol. The molecule has 1 aromatic carbocycles. The average molecular weight is 218 g/mol. The molecule has 0 saturated heterocycles. The van der Waals surface area contributed by atoms with Gasteiger partial charge in [0.25, 0.3) is 0 Å². The minimum Gasteiger partial charge on any atom is -0.332 e. The normalized spacial score (nSPS) is 10.4. The number of aldehydes is 1. The lowest BCUT2D eigenvalue weighted by molar-refractivity contribution is 0.111. The maximum absolute atomic E-state index is 12.9. The van der Waals surface area contributed by atoms with Crippen LogP contribution in [0.5, 0.6) is 0 Å².